The zero-order chi connectivity index (χ0) is 18.1. The quantitative estimate of drug-likeness (QED) is 0.580. The van der Waals surface area contributed by atoms with E-state index in [4.69, 9.17) is 4.74 Å². The predicted molar refractivity (Wildman–Crippen MR) is 90.9 cm³/mol. The number of nitrogens with zero attached hydrogens (tertiary/aromatic N) is 1. The highest BCUT2D eigenvalue weighted by Gasteiger charge is 2.30. The smallest absolute Gasteiger partial charge is 0.302 e. The summed E-state index contributed by atoms with van der Waals surface area (Å²) >= 11 is 0. The lowest BCUT2D eigenvalue weighted by atomic mass is 10.0. The Morgan fingerprint density at radius 2 is 1.75 bits per heavy atom. The second kappa shape index (κ2) is 9.70. The Balaban J connectivity index is 2.79. The zero-order valence-electron chi connectivity index (χ0n) is 14.7. The van der Waals surface area contributed by atoms with E-state index in [1.54, 1.807) is 4.90 Å². The van der Waals surface area contributed by atoms with Gasteiger partial charge in [0.2, 0.25) is 11.8 Å². The molecule has 1 N–H and O–H groups in total. The topological polar surface area (TPSA) is 75.7 Å². The van der Waals surface area contributed by atoms with Crippen molar-refractivity contribution >= 4 is 17.8 Å². The first kappa shape index (κ1) is 19.7. The van der Waals surface area contributed by atoms with Gasteiger partial charge in [0.25, 0.3) is 0 Å². The van der Waals surface area contributed by atoms with Crippen molar-refractivity contribution in [3.05, 3.63) is 35.9 Å². The zero-order valence-corrected chi connectivity index (χ0v) is 14.7. The number of rotatable bonds is 8. The second-order valence-corrected chi connectivity index (χ2v) is 5.95. The van der Waals surface area contributed by atoms with Gasteiger partial charge in [0.05, 0.1) is 6.54 Å². The Hall–Kier alpha value is -2.37. The molecular weight excluding hydrogens is 308 g/mol. The summed E-state index contributed by atoms with van der Waals surface area (Å²) in [6.07, 6.45) is 0. The SMILES string of the molecule is CC(=O)OCCNC(=O)C(C(C)C)N(Cc1ccccc1)C(C)=O. The normalized spacial score (nSPS) is 11.7. The van der Waals surface area contributed by atoms with E-state index in [0.717, 1.165) is 5.56 Å². The lowest BCUT2D eigenvalue weighted by Crippen LogP contribution is -2.51. The largest absolute Gasteiger partial charge is 0.464 e. The third-order valence-corrected chi connectivity index (χ3v) is 3.54. The fourth-order valence-corrected chi connectivity index (χ4v) is 2.46. The van der Waals surface area contributed by atoms with E-state index in [1.165, 1.54) is 13.8 Å². The molecule has 0 spiro atoms. The average Bonchev–Trinajstić information content (AvgIpc) is 2.51. The van der Waals surface area contributed by atoms with E-state index < -0.39 is 6.04 Å². The van der Waals surface area contributed by atoms with Gasteiger partial charge < -0.3 is 15.0 Å². The number of esters is 1. The van der Waals surface area contributed by atoms with Gasteiger partial charge in [0.1, 0.15) is 12.6 Å². The van der Waals surface area contributed by atoms with Crippen LogP contribution in [0.1, 0.15) is 33.3 Å². The summed E-state index contributed by atoms with van der Waals surface area (Å²) < 4.78 is 4.80. The summed E-state index contributed by atoms with van der Waals surface area (Å²) in [4.78, 5) is 36.9. The van der Waals surface area contributed by atoms with Crippen LogP contribution in [0, 0.1) is 5.92 Å². The molecule has 132 valence electrons. The van der Waals surface area contributed by atoms with Crippen LogP contribution in [0.15, 0.2) is 30.3 Å². The molecular formula is C18H26N2O4. The predicted octanol–water partition coefficient (Wildman–Crippen LogP) is 1.74. The molecule has 0 bridgehead atoms. The minimum atomic E-state index is -0.583. The first-order valence-corrected chi connectivity index (χ1v) is 8.05. The van der Waals surface area contributed by atoms with Gasteiger partial charge in [-0.1, -0.05) is 44.2 Å². The Labute approximate surface area is 143 Å². The van der Waals surface area contributed by atoms with Crippen molar-refractivity contribution in [2.24, 2.45) is 5.92 Å². The van der Waals surface area contributed by atoms with Crippen molar-refractivity contribution in [3.63, 3.8) is 0 Å². The van der Waals surface area contributed by atoms with Crippen LogP contribution in [0.3, 0.4) is 0 Å². The molecule has 0 aromatic heterocycles. The van der Waals surface area contributed by atoms with Crippen molar-refractivity contribution in [2.45, 2.75) is 40.3 Å². The molecule has 0 aliphatic rings. The summed E-state index contributed by atoms with van der Waals surface area (Å²) in [5.74, 6) is -0.846. The third-order valence-electron chi connectivity index (χ3n) is 3.54. The minimum absolute atomic E-state index is 0.0497. The van der Waals surface area contributed by atoms with Crippen LogP contribution in [0.25, 0.3) is 0 Å². The van der Waals surface area contributed by atoms with Gasteiger partial charge in [-0.2, -0.15) is 0 Å². The van der Waals surface area contributed by atoms with Gasteiger partial charge >= 0.3 is 5.97 Å². The number of carbonyl (C=O) groups excluding carboxylic acids is 3. The molecule has 0 saturated heterocycles. The van der Waals surface area contributed by atoms with E-state index in [0.29, 0.717) is 6.54 Å². The summed E-state index contributed by atoms with van der Waals surface area (Å²) in [5.41, 5.74) is 0.964. The molecule has 1 atom stereocenters. The molecule has 1 unspecified atom stereocenters. The van der Waals surface area contributed by atoms with Crippen LogP contribution < -0.4 is 5.32 Å². The minimum Gasteiger partial charge on any atom is -0.464 e. The molecule has 0 saturated carbocycles. The highest BCUT2D eigenvalue weighted by atomic mass is 16.5. The van der Waals surface area contributed by atoms with Gasteiger partial charge in [0, 0.05) is 20.4 Å². The molecule has 0 fully saturated rings. The summed E-state index contributed by atoms with van der Waals surface area (Å²) in [7, 11) is 0. The van der Waals surface area contributed by atoms with E-state index in [2.05, 4.69) is 5.32 Å². The molecule has 6 heteroatoms. The van der Waals surface area contributed by atoms with Crippen molar-refractivity contribution < 1.29 is 19.1 Å². The Morgan fingerprint density at radius 1 is 1.12 bits per heavy atom. The first-order chi connectivity index (χ1) is 11.3. The fourth-order valence-electron chi connectivity index (χ4n) is 2.46. The average molecular weight is 334 g/mol. The van der Waals surface area contributed by atoms with E-state index in [1.807, 2.05) is 44.2 Å². The molecule has 6 nitrogen and oxygen atoms in total. The van der Waals surface area contributed by atoms with Crippen molar-refractivity contribution in [3.8, 4) is 0 Å². The van der Waals surface area contributed by atoms with Gasteiger partial charge in [-0.25, -0.2) is 0 Å². The third kappa shape index (κ3) is 6.40. The number of hydrogen-bond donors (Lipinski definition) is 1. The van der Waals surface area contributed by atoms with Gasteiger partial charge in [-0.05, 0) is 11.5 Å². The molecule has 1 aromatic rings. The Bertz CT molecular complexity index is 557. The van der Waals surface area contributed by atoms with Crippen molar-refractivity contribution in [1.29, 1.82) is 0 Å². The number of hydrogen-bond acceptors (Lipinski definition) is 4. The Morgan fingerprint density at radius 3 is 2.25 bits per heavy atom. The lowest BCUT2D eigenvalue weighted by molar-refractivity contribution is -0.143. The van der Waals surface area contributed by atoms with Crippen molar-refractivity contribution in [1.82, 2.24) is 10.2 Å². The summed E-state index contributed by atoms with van der Waals surface area (Å²) in [5, 5.41) is 2.73. The van der Waals surface area contributed by atoms with Crippen molar-refractivity contribution in [2.75, 3.05) is 13.2 Å². The number of nitrogens with one attached hydrogen (secondary N) is 1. The molecule has 0 heterocycles. The van der Waals surface area contributed by atoms with Crippen LogP contribution in [0.2, 0.25) is 0 Å². The molecule has 1 rings (SSSR count). The first-order valence-electron chi connectivity index (χ1n) is 8.05. The molecule has 2 amide bonds. The molecule has 24 heavy (non-hydrogen) atoms. The van der Waals surface area contributed by atoms with Crippen LogP contribution in [0.4, 0.5) is 0 Å². The summed E-state index contributed by atoms with van der Waals surface area (Å²) in [6.45, 7) is 7.29. The maximum absolute atomic E-state index is 12.5. The van der Waals surface area contributed by atoms with Gasteiger partial charge in [-0.3, -0.25) is 14.4 Å². The molecule has 0 aliphatic carbocycles. The second-order valence-electron chi connectivity index (χ2n) is 5.95. The van der Waals surface area contributed by atoms with Crippen LogP contribution in [-0.2, 0) is 25.7 Å². The maximum Gasteiger partial charge on any atom is 0.302 e. The number of benzene rings is 1. The maximum atomic E-state index is 12.5. The highest BCUT2D eigenvalue weighted by Crippen LogP contribution is 2.16. The number of carbonyl (C=O) groups is 3. The monoisotopic (exact) mass is 334 g/mol. The lowest BCUT2D eigenvalue weighted by Gasteiger charge is -2.32. The summed E-state index contributed by atoms with van der Waals surface area (Å²) in [6, 6.07) is 8.97. The van der Waals surface area contributed by atoms with Gasteiger partial charge in [0.15, 0.2) is 0 Å². The van der Waals surface area contributed by atoms with Crippen LogP contribution in [0.5, 0.6) is 0 Å². The van der Waals surface area contributed by atoms with Crippen LogP contribution >= 0.6 is 0 Å². The standard InChI is InChI=1S/C18H26N2O4/c1-13(2)17(18(23)19-10-11-24-15(4)22)20(14(3)21)12-16-8-6-5-7-9-16/h5-9,13,17H,10-12H2,1-4H3,(H,19,23). The highest BCUT2D eigenvalue weighted by molar-refractivity contribution is 5.87. The molecule has 0 radical (unpaired) electrons. The van der Waals surface area contributed by atoms with Gasteiger partial charge in [-0.15, -0.1) is 0 Å². The molecule has 1 aromatic carbocycles. The Kier molecular flexibility index (Phi) is 7.95. The van der Waals surface area contributed by atoms with E-state index in [9.17, 15) is 14.4 Å². The number of ether oxygens (including phenoxy) is 1. The van der Waals surface area contributed by atoms with Crippen LogP contribution in [-0.4, -0.2) is 41.9 Å². The number of amides is 2. The van der Waals surface area contributed by atoms with E-state index in [-0.39, 0.29) is 36.9 Å². The fraction of sp³-hybridized carbons (Fsp3) is 0.500. The molecule has 0 aliphatic heterocycles. The van der Waals surface area contributed by atoms with E-state index >= 15 is 0 Å².